The molecule has 2 heterocycles. The normalized spacial score (nSPS) is 20.0. The number of hydrogen-bond acceptors (Lipinski definition) is 3. The quantitative estimate of drug-likeness (QED) is 0.792. The molecule has 2 atom stereocenters. The maximum Gasteiger partial charge on any atom is 0.121 e. The first-order valence-electron chi connectivity index (χ1n) is 7.47. The van der Waals surface area contributed by atoms with Crippen LogP contribution in [0.15, 0.2) is 18.2 Å². The molecule has 0 aliphatic carbocycles. The van der Waals surface area contributed by atoms with Gasteiger partial charge in [-0.05, 0) is 31.9 Å². The number of fused-ring (bicyclic) bond motifs is 1. The van der Waals surface area contributed by atoms with Crippen molar-refractivity contribution in [3.63, 3.8) is 0 Å². The summed E-state index contributed by atoms with van der Waals surface area (Å²) >= 11 is 5.95. The van der Waals surface area contributed by atoms with Gasteiger partial charge in [0.15, 0.2) is 0 Å². The average Bonchev–Trinajstić information content (AvgIpc) is 3.13. The summed E-state index contributed by atoms with van der Waals surface area (Å²) in [6, 6.07) is 6.30. The van der Waals surface area contributed by atoms with Gasteiger partial charge in [-0.15, -0.1) is 11.6 Å². The lowest BCUT2D eigenvalue weighted by Crippen LogP contribution is -2.22. The van der Waals surface area contributed by atoms with E-state index in [-0.39, 0.29) is 12.1 Å². The Balaban J connectivity index is 2.06. The summed E-state index contributed by atoms with van der Waals surface area (Å²) in [5.41, 5.74) is 2.08. The van der Waals surface area contributed by atoms with Crippen LogP contribution in [0.4, 0.5) is 0 Å². The number of aryl methyl sites for hydroxylation is 1. The molecule has 0 N–H and O–H groups in total. The molecule has 5 heteroatoms. The Hall–Kier alpha value is -1.26. The number of rotatable bonds is 5. The van der Waals surface area contributed by atoms with Gasteiger partial charge >= 0.3 is 0 Å². The third kappa shape index (κ3) is 2.74. The van der Waals surface area contributed by atoms with E-state index in [1.807, 2.05) is 12.1 Å². The zero-order valence-corrected chi connectivity index (χ0v) is 13.3. The molecule has 1 fully saturated rings. The molecular formula is C16H21ClN2O2. The van der Waals surface area contributed by atoms with Gasteiger partial charge in [0.1, 0.15) is 11.6 Å². The monoisotopic (exact) mass is 308 g/mol. The van der Waals surface area contributed by atoms with Crippen LogP contribution in [0.2, 0.25) is 0 Å². The van der Waals surface area contributed by atoms with E-state index < -0.39 is 0 Å². The first-order valence-corrected chi connectivity index (χ1v) is 8.00. The van der Waals surface area contributed by atoms with Crippen LogP contribution in [-0.2, 0) is 11.2 Å². The number of methoxy groups -OCH3 is 1. The topological polar surface area (TPSA) is 36.3 Å². The van der Waals surface area contributed by atoms with Crippen molar-refractivity contribution in [2.24, 2.45) is 0 Å². The number of aromatic nitrogens is 2. The predicted octanol–water partition coefficient (Wildman–Crippen LogP) is 3.57. The summed E-state index contributed by atoms with van der Waals surface area (Å²) in [6.07, 6.45) is 3.27. The summed E-state index contributed by atoms with van der Waals surface area (Å²) in [5.74, 6) is 2.42. The zero-order chi connectivity index (χ0) is 14.8. The molecule has 0 radical (unpaired) electrons. The summed E-state index contributed by atoms with van der Waals surface area (Å²) < 4.78 is 13.4. The maximum atomic E-state index is 5.95. The number of hydrogen-bond donors (Lipinski definition) is 0. The van der Waals surface area contributed by atoms with Crippen LogP contribution in [0.25, 0.3) is 11.0 Å². The second-order valence-electron chi connectivity index (χ2n) is 5.48. The molecule has 1 saturated heterocycles. The molecule has 1 aromatic carbocycles. The number of halogens is 1. The van der Waals surface area contributed by atoms with Crippen molar-refractivity contribution < 1.29 is 9.47 Å². The van der Waals surface area contributed by atoms with Crippen LogP contribution in [-0.4, -0.2) is 35.3 Å². The molecule has 2 unspecified atom stereocenters. The standard InChI is InChI=1S/C16H21ClN2O2/c1-11(15-4-3-9-21-15)19-14-6-5-12(20-2)10-13(14)18-16(19)7-8-17/h5-6,10-11,15H,3-4,7-9H2,1-2H3. The van der Waals surface area contributed by atoms with Crippen molar-refractivity contribution in [2.75, 3.05) is 19.6 Å². The summed E-state index contributed by atoms with van der Waals surface area (Å²) in [7, 11) is 1.67. The molecule has 3 rings (SSSR count). The van der Waals surface area contributed by atoms with E-state index in [1.165, 1.54) is 0 Å². The molecule has 21 heavy (non-hydrogen) atoms. The Morgan fingerprint density at radius 1 is 1.52 bits per heavy atom. The van der Waals surface area contributed by atoms with Crippen LogP contribution in [0, 0.1) is 0 Å². The largest absolute Gasteiger partial charge is 0.497 e. The van der Waals surface area contributed by atoms with E-state index in [2.05, 4.69) is 17.6 Å². The first-order chi connectivity index (χ1) is 10.2. The lowest BCUT2D eigenvalue weighted by molar-refractivity contribution is 0.0736. The molecule has 1 aromatic heterocycles. The number of benzene rings is 1. The Bertz CT molecular complexity index is 620. The van der Waals surface area contributed by atoms with Crippen LogP contribution in [0.5, 0.6) is 5.75 Å². The molecule has 0 saturated carbocycles. The van der Waals surface area contributed by atoms with Crippen LogP contribution >= 0.6 is 11.6 Å². The van der Waals surface area contributed by atoms with Crippen LogP contribution in [0.1, 0.15) is 31.6 Å². The molecule has 0 spiro atoms. The predicted molar refractivity (Wildman–Crippen MR) is 84.4 cm³/mol. The molecular weight excluding hydrogens is 288 g/mol. The molecule has 0 amide bonds. The van der Waals surface area contributed by atoms with E-state index in [0.717, 1.165) is 48.5 Å². The molecule has 4 nitrogen and oxygen atoms in total. The highest BCUT2D eigenvalue weighted by atomic mass is 35.5. The number of alkyl halides is 1. The van der Waals surface area contributed by atoms with Gasteiger partial charge in [-0.25, -0.2) is 4.98 Å². The highest BCUT2D eigenvalue weighted by molar-refractivity contribution is 6.17. The number of ether oxygens (including phenoxy) is 2. The van der Waals surface area contributed by atoms with Crippen molar-refractivity contribution in [2.45, 2.75) is 38.3 Å². The Morgan fingerprint density at radius 2 is 2.38 bits per heavy atom. The minimum absolute atomic E-state index is 0.263. The van der Waals surface area contributed by atoms with E-state index in [0.29, 0.717) is 5.88 Å². The van der Waals surface area contributed by atoms with Crippen molar-refractivity contribution in [1.29, 1.82) is 0 Å². The van der Waals surface area contributed by atoms with E-state index in [4.69, 9.17) is 26.1 Å². The molecule has 1 aliphatic rings. The van der Waals surface area contributed by atoms with Gasteiger partial charge in [-0.3, -0.25) is 0 Å². The Kier molecular flexibility index (Phi) is 4.36. The minimum Gasteiger partial charge on any atom is -0.497 e. The first kappa shape index (κ1) is 14.7. The summed E-state index contributed by atoms with van der Waals surface area (Å²) in [6.45, 7) is 3.07. The SMILES string of the molecule is COc1ccc2c(c1)nc(CCCl)n2C(C)C1CCCO1. The zero-order valence-electron chi connectivity index (χ0n) is 12.5. The van der Waals surface area contributed by atoms with Crippen molar-refractivity contribution in [3.8, 4) is 5.75 Å². The molecule has 114 valence electrons. The molecule has 1 aliphatic heterocycles. The second-order valence-corrected chi connectivity index (χ2v) is 5.86. The Labute approximate surface area is 130 Å². The van der Waals surface area contributed by atoms with Gasteiger partial charge in [0.25, 0.3) is 0 Å². The third-order valence-corrected chi connectivity index (χ3v) is 4.39. The van der Waals surface area contributed by atoms with Crippen molar-refractivity contribution >= 4 is 22.6 Å². The summed E-state index contributed by atoms with van der Waals surface area (Å²) in [5, 5.41) is 0. The molecule has 2 aromatic rings. The number of imidazole rings is 1. The summed E-state index contributed by atoms with van der Waals surface area (Å²) in [4.78, 5) is 4.75. The van der Waals surface area contributed by atoms with E-state index >= 15 is 0 Å². The third-order valence-electron chi connectivity index (χ3n) is 4.20. The average molecular weight is 309 g/mol. The smallest absolute Gasteiger partial charge is 0.121 e. The fourth-order valence-electron chi connectivity index (χ4n) is 3.12. The fourth-order valence-corrected chi connectivity index (χ4v) is 3.29. The highest BCUT2D eigenvalue weighted by Crippen LogP contribution is 2.30. The molecule has 0 bridgehead atoms. The van der Waals surface area contributed by atoms with Gasteiger partial charge in [-0.2, -0.15) is 0 Å². The van der Waals surface area contributed by atoms with E-state index in [1.54, 1.807) is 7.11 Å². The Morgan fingerprint density at radius 3 is 3.05 bits per heavy atom. The van der Waals surface area contributed by atoms with Crippen LogP contribution < -0.4 is 4.74 Å². The van der Waals surface area contributed by atoms with Gasteiger partial charge in [-0.1, -0.05) is 0 Å². The second kappa shape index (κ2) is 6.24. The van der Waals surface area contributed by atoms with Gasteiger partial charge in [0, 0.05) is 25.0 Å². The highest BCUT2D eigenvalue weighted by Gasteiger charge is 2.26. The van der Waals surface area contributed by atoms with Gasteiger partial charge in [0.05, 0.1) is 30.3 Å². The van der Waals surface area contributed by atoms with Crippen molar-refractivity contribution in [1.82, 2.24) is 9.55 Å². The fraction of sp³-hybridized carbons (Fsp3) is 0.562. The van der Waals surface area contributed by atoms with Gasteiger partial charge < -0.3 is 14.0 Å². The number of nitrogens with zero attached hydrogens (tertiary/aromatic N) is 2. The lowest BCUT2D eigenvalue weighted by atomic mass is 10.1. The van der Waals surface area contributed by atoms with E-state index in [9.17, 15) is 0 Å². The van der Waals surface area contributed by atoms with Gasteiger partial charge in [0.2, 0.25) is 0 Å². The van der Waals surface area contributed by atoms with Crippen LogP contribution in [0.3, 0.4) is 0 Å². The lowest BCUT2D eigenvalue weighted by Gasteiger charge is -2.23. The minimum atomic E-state index is 0.263. The maximum absolute atomic E-state index is 5.95. The van der Waals surface area contributed by atoms with Crippen molar-refractivity contribution in [3.05, 3.63) is 24.0 Å².